The number of carbonyl (C=O) groups is 2. The van der Waals surface area contributed by atoms with E-state index in [0.29, 0.717) is 10.6 Å². The van der Waals surface area contributed by atoms with Crippen LogP contribution in [0.4, 0.5) is 11.4 Å². The number of hydrogen-bond donors (Lipinski definition) is 1. The normalized spacial score (nSPS) is 12.2. The molecule has 0 fully saturated rings. The number of hydrogen-bond acceptors (Lipinski definition) is 6. The van der Waals surface area contributed by atoms with Gasteiger partial charge in [0.15, 0.2) is 0 Å². The van der Waals surface area contributed by atoms with Gasteiger partial charge in [-0.2, -0.15) is 0 Å². The van der Waals surface area contributed by atoms with E-state index >= 15 is 0 Å². The van der Waals surface area contributed by atoms with E-state index in [2.05, 4.69) is 5.32 Å². The maximum Gasteiger partial charge on any atom is 0.271 e. The first kappa shape index (κ1) is 28.1. The van der Waals surface area contributed by atoms with Gasteiger partial charge < -0.3 is 10.2 Å². The zero-order chi connectivity index (χ0) is 26.3. The molecule has 1 atom stereocenters. The highest BCUT2D eigenvalue weighted by Gasteiger charge is 2.32. The maximum absolute atomic E-state index is 13.5. The van der Waals surface area contributed by atoms with Crippen LogP contribution in [0.3, 0.4) is 0 Å². The van der Waals surface area contributed by atoms with Gasteiger partial charge >= 0.3 is 0 Å². The van der Waals surface area contributed by atoms with Crippen LogP contribution in [-0.2, 0) is 26.2 Å². The summed E-state index contributed by atoms with van der Waals surface area (Å²) in [6, 6.07) is 10.7. The number of benzene rings is 2. The Bertz CT molecular complexity index is 1170. The number of amides is 2. The van der Waals surface area contributed by atoms with Crippen molar-refractivity contribution in [2.24, 2.45) is 0 Å². The lowest BCUT2D eigenvalue weighted by Crippen LogP contribution is -2.53. The maximum atomic E-state index is 13.5. The molecule has 0 unspecified atom stereocenters. The third-order valence-corrected chi connectivity index (χ3v) is 6.48. The van der Waals surface area contributed by atoms with Gasteiger partial charge in [0.25, 0.3) is 5.69 Å². The molecule has 2 amide bonds. The second-order valence-corrected chi connectivity index (χ2v) is 10.6. The standard InChI is InChI=1S/C23H29ClN4O6S/c1-5-21(23(30)25-16(2)3)26(14-17-9-11-18(24)12-10-17)22(29)15-27(35(4,33)34)19-7-6-8-20(13-19)28(31)32/h6-13,16,21H,5,14-15H2,1-4H3,(H,25,30)/t21-/m0/s1. The third kappa shape index (κ3) is 7.93. The minimum absolute atomic E-state index is 0.0267. The molecule has 0 aliphatic heterocycles. The lowest BCUT2D eigenvalue weighted by atomic mass is 10.1. The summed E-state index contributed by atoms with van der Waals surface area (Å²) in [6.45, 7) is 4.74. The van der Waals surface area contributed by atoms with Gasteiger partial charge in [0.2, 0.25) is 21.8 Å². The molecule has 0 aliphatic carbocycles. The molecule has 2 rings (SSSR count). The molecule has 0 saturated carbocycles. The second-order valence-electron chi connectivity index (χ2n) is 8.28. The van der Waals surface area contributed by atoms with Crippen LogP contribution >= 0.6 is 11.6 Å². The summed E-state index contributed by atoms with van der Waals surface area (Å²) in [6.07, 6.45) is 1.19. The number of nitrogens with zero attached hydrogens (tertiary/aromatic N) is 3. The van der Waals surface area contributed by atoms with Crippen LogP contribution in [0.25, 0.3) is 0 Å². The summed E-state index contributed by atoms with van der Waals surface area (Å²) < 4.78 is 26.0. The van der Waals surface area contributed by atoms with Crippen LogP contribution in [-0.4, -0.2) is 54.9 Å². The van der Waals surface area contributed by atoms with E-state index in [1.54, 1.807) is 45.0 Å². The van der Waals surface area contributed by atoms with Gasteiger partial charge in [-0.1, -0.05) is 36.7 Å². The number of rotatable bonds is 11. The quantitative estimate of drug-likeness (QED) is 0.354. The third-order valence-electron chi connectivity index (χ3n) is 5.09. The summed E-state index contributed by atoms with van der Waals surface area (Å²) in [4.78, 5) is 38.3. The van der Waals surface area contributed by atoms with Crippen molar-refractivity contribution < 1.29 is 22.9 Å². The first-order chi connectivity index (χ1) is 16.3. The Morgan fingerprint density at radius 1 is 1.14 bits per heavy atom. The summed E-state index contributed by atoms with van der Waals surface area (Å²) in [5.74, 6) is -1.01. The Balaban J connectivity index is 2.47. The summed E-state index contributed by atoms with van der Waals surface area (Å²) >= 11 is 5.96. The Morgan fingerprint density at radius 3 is 2.29 bits per heavy atom. The van der Waals surface area contributed by atoms with E-state index in [9.17, 15) is 28.1 Å². The molecule has 0 aliphatic rings. The molecule has 1 N–H and O–H groups in total. The molecular weight excluding hydrogens is 496 g/mol. The minimum Gasteiger partial charge on any atom is -0.352 e. The fourth-order valence-corrected chi connectivity index (χ4v) is 4.43. The number of halogens is 1. The van der Waals surface area contributed by atoms with Crippen LogP contribution in [0.15, 0.2) is 48.5 Å². The van der Waals surface area contributed by atoms with Crippen molar-refractivity contribution in [3.8, 4) is 0 Å². The summed E-state index contributed by atoms with van der Waals surface area (Å²) in [5.41, 5.74) is 0.352. The Kier molecular flexibility index (Phi) is 9.61. The predicted molar refractivity (Wildman–Crippen MR) is 135 cm³/mol. The van der Waals surface area contributed by atoms with Crippen molar-refractivity contribution in [1.82, 2.24) is 10.2 Å². The number of anilines is 1. The molecule has 0 heterocycles. The average Bonchev–Trinajstić information content (AvgIpc) is 2.77. The SMILES string of the molecule is CC[C@@H](C(=O)NC(C)C)N(Cc1ccc(Cl)cc1)C(=O)CN(c1cccc([N+](=O)[O-])c1)S(C)(=O)=O. The van der Waals surface area contributed by atoms with Gasteiger partial charge in [-0.3, -0.25) is 24.0 Å². The summed E-state index contributed by atoms with van der Waals surface area (Å²) in [5, 5.41) is 14.5. The number of non-ortho nitro benzene ring substituents is 1. The monoisotopic (exact) mass is 524 g/mol. The van der Waals surface area contributed by atoms with Gasteiger partial charge in [-0.05, 0) is 44.0 Å². The highest BCUT2D eigenvalue weighted by atomic mass is 35.5. The van der Waals surface area contributed by atoms with E-state index in [0.717, 1.165) is 16.6 Å². The summed E-state index contributed by atoms with van der Waals surface area (Å²) in [7, 11) is -3.99. The molecule has 2 aromatic carbocycles. The smallest absolute Gasteiger partial charge is 0.271 e. The Labute approximate surface area is 210 Å². The molecule has 35 heavy (non-hydrogen) atoms. The van der Waals surface area contributed by atoms with Crippen molar-refractivity contribution in [2.75, 3.05) is 17.1 Å². The largest absolute Gasteiger partial charge is 0.352 e. The van der Waals surface area contributed by atoms with Gasteiger partial charge in [0.1, 0.15) is 12.6 Å². The number of carbonyl (C=O) groups excluding carboxylic acids is 2. The predicted octanol–water partition coefficient (Wildman–Crippen LogP) is 3.35. The lowest BCUT2D eigenvalue weighted by Gasteiger charge is -2.33. The van der Waals surface area contributed by atoms with Crippen LogP contribution in [0.5, 0.6) is 0 Å². The first-order valence-electron chi connectivity index (χ1n) is 10.9. The van der Waals surface area contributed by atoms with Crippen molar-refractivity contribution in [1.29, 1.82) is 0 Å². The topological polar surface area (TPSA) is 130 Å². The van der Waals surface area contributed by atoms with Crippen LogP contribution < -0.4 is 9.62 Å². The van der Waals surface area contributed by atoms with Gasteiger partial charge in [0, 0.05) is 29.7 Å². The van der Waals surface area contributed by atoms with Gasteiger partial charge in [-0.15, -0.1) is 0 Å². The van der Waals surface area contributed by atoms with Crippen molar-refractivity contribution in [2.45, 2.75) is 45.8 Å². The molecule has 2 aromatic rings. The number of nitro benzene ring substituents is 1. The fourth-order valence-electron chi connectivity index (χ4n) is 3.46. The molecule has 0 radical (unpaired) electrons. The van der Waals surface area contributed by atoms with Crippen LogP contribution in [0.1, 0.15) is 32.8 Å². The van der Waals surface area contributed by atoms with E-state index in [1.807, 2.05) is 0 Å². The highest BCUT2D eigenvalue weighted by molar-refractivity contribution is 7.92. The zero-order valence-corrected chi connectivity index (χ0v) is 21.5. The number of nitro groups is 1. The average molecular weight is 525 g/mol. The van der Waals surface area contributed by atoms with Crippen molar-refractivity contribution in [3.63, 3.8) is 0 Å². The highest BCUT2D eigenvalue weighted by Crippen LogP contribution is 2.24. The van der Waals surface area contributed by atoms with Crippen LogP contribution in [0.2, 0.25) is 5.02 Å². The minimum atomic E-state index is -3.99. The molecule has 10 nitrogen and oxygen atoms in total. The van der Waals surface area contributed by atoms with E-state index < -0.39 is 33.4 Å². The zero-order valence-electron chi connectivity index (χ0n) is 20.0. The van der Waals surface area contributed by atoms with Gasteiger partial charge in [0.05, 0.1) is 16.9 Å². The van der Waals surface area contributed by atoms with Crippen LogP contribution in [0, 0.1) is 10.1 Å². The molecular formula is C23H29ClN4O6S. The molecule has 12 heteroatoms. The number of sulfonamides is 1. The Morgan fingerprint density at radius 2 is 1.77 bits per heavy atom. The molecule has 0 spiro atoms. The second kappa shape index (κ2) is 12.0. The van der Waals surface area contributed by atoms with Crippen molar-refractivity contribution in [3.05, 3.63) is 69.2 Å². The molecule has 0 bridgehead atoms. The van der Waals surface area contributed by atoms with E-state index in [-0.39, 0.29) is 36.3 Å². The molecule has 190 valence electrons. The van der Waals surface area contributed by atoms with Crippen molar-refractivity contribution >= 4 is 44.8 Å². The Hall–Kier alpha value is -3.18. The lowest BCUT2D eigenvalue weighted by molar-refractivity contribution is -0.384. The number of nitrogens with one attached hydrogen (secondary N) is 1. The van der Waals surface area contributed by atoms with Gasteiger partial charge in [-0.25, -0.2) is 8.42 Å². The van der Waals surface area contributed by atoms with E-state index in [1.165, 1.54) is 23.1 Å². The van der Waals surface area contributed by atoms with E-state index in [4.69, 9.17) is 11.6 Å². The fraction of sp³-hybridized carbons (Fsp3) is 0.391. The first-order valence-corrected chi connectivity index (χ1v) is 13.1. The molecule has 0 aromatic heterocycles. The molecule has 0 saturated heterocycles.